The van der Waals surface area contributed by atoms with E-state index in [-0.39, 0.29) is 0 Å². The maximum Gasteiger partial charge on any atom is 0.145 e. The minimum atomic E-state index is -1.11. The van der Waals surface area contributed by atoms with Gasteiger partial charge in [-0.15, -0.1) is 22.7 Å². The Balaban J connectivity index is 1.70. The lowest BCUT2D eigenvalue weighted by atomic mass is 9.84. The van der Waals surface area contributed by atoms with E-state index in [9.17, 15) is 5.11 Å². The average Bonchev–Trinajstić information content (AvgIpc) is 3.34. The summed E-state index contributed by atoms with van der Waals surface area (Å²) in [6.07, 6.45) is 0. The molecule has 0 fully saturated rings. The van der Waals surface area contributed by atoms with Gasteiger partial charge in [-0.25, -0.2) is 0 Å². The van der Waals surface area contributed by atoms with Crippen molar-refractivity contribution < 1.29 is 5.11 Å². The number of hydrogen-bond acceptors (Lipinski definition) is 4. The van der Waals surface area contributed by atoms with E-state index in [4.69, 9.17) is 0 Å². The summed E-state index contributed by atoms with van der Waals surface area (Å²) in [5.74, 6) is 0. The van der Waals surface area contributed by atoms with Crippen molar-refractivity contribution in [1.82, 2.24) is 0 Å². The second-order valence-electron chi connectivity index (χ2n) is 6.07. The van der Waals surface area contributed by atoms with Gasteiger partial charge >= 0.3 is 0 Å². The van der Waals surface area contributed by atoms with Crippen LogP contribution in [-0.4, -0.2) is 5.11 Å². The lowest BCUT2D eigenvalue weighted by Gasteiger charge is -2.27. The molecule has 2 heterocycles. The summed E-state index contributed by atoms with van der Waals surface area (Å²) >= 11 is 3.39. The zero-order chi connectivity index (χ0) is 16.9. The Kier molecular flexibility index (Phi) is 3.31. The summed E-state index contributed by atoms with van der Waals surface area (Å²) in [6, 6.07) is 22.2. The van der Waals surface area contributed by atoms with Crippen LogP contribution < -0.4 is 5.32 Å². The topological polar surface area (TPSA) is 32.3 Å². The molecule has 0 bridgehead atoms. The van der Waals surface area contributed by atoms with Crippen LogP contribution in [0.25, 0.3) is 9.75 Å². The van der Waals surface area contributed by atoms with Gasteiger partial charge in [0, 0.05) is 28.1 Å². The molecule has 0 radical (unpaired) electrons. The highest BCUT2D eigenvalue weighted by Gasteiger charge is 2.46. The number of hydrogen-bond donors (Lipinski definition) is 2. The number of nitrogens with one attached hydrogen (secondary N) is 1. The molecule has 0 unspecified atom stereocenters. The third-order valence-corrected chi connectivity index (χ3v) is 6.68. The zero-order valence-corrected chi connectivity index (χ0v) is 14.9. The molecule has 2 nitrogen and oxygen atoms in total. The molecular formula is C21H15NOS2. The van der Waals surface area contributed by atoms with Gasteiger partial charge in [0.2, 0.25) is 0 Å². The number of fused-ring (bicyclic) bond motifs is 3. The van der Waals surface area contributed by atoms with Gasteiger partial charge in [-0.1, -0.05) is 36.4 Å². The quantitative estimate of drug-likeness (QED) is 0.482. The molecule has 122 valence electrons. The van der Waals surface area contributed by atoms with Gasteiger partial charge in [0.1, 0.15) is 5.60 Å². The van der Waals surface area contributed by atoms with E-state index in [1.54, 1.807) is 22.7 Å². The molecule has 5 rings (SSSR count). The molecule has 4 heteroatoms. The van der Waals surface area contributed by atoms with E-state index in [1.165, 1.54) is 9.75 Å². The molecular weight excluding hydrogens is 346 g/mol. The fraction of sp³-hybridized carbons (Fsp3) is 0.0476. The number of thiophene rings is 2. The molecule has 4 aromatic rings. The molecule has 25 heavy (non-hydrogen) atoms. The molecule has 0 aliphatic heterocycles. The molecule has 2 aromatic heterocycles. The highest BCUT2D eigenvalue weighted by molar-refractivity contribution is 7.21. The van der Waals surface area contributed by atoms with Crippen molar-refractivity contribution in [2.45, 2.75) is 5.60 Å². The first kappa shape index (κ1) is 14.9. The first-order valence-corrected chi connectivity index (χ1v) is 9.84. The maximum absolute atomic E-state index is 11.9. The van der Waals surface area contributed by atoms with Crippen LogP contribution in [0.4, 0.5) is 11.4 Å². The van der Waals surface area contributed by atoms with E-state index in [2.05, 4.69) is 16.1 Å². The second kappa shape index (κ2) is 5.56. The molecule has 0 spiro atoms. The van der Waals surface area contributed by atoms with Gasteiger partial charge in [-0.2, -0.15) is 0 Å². The first-order valence-electron chi connectivity index (χ1n) is 8.09. The van der Waals surface area contributed by atoms with E-state index in [1.807, 2.05) is 66.7 Å². The van der Waals surface area contributed by atoms with E-state index in [0.29, 0.717) is 0 Å². The van der Waals surface area contributed by atoms with Crippen LogP contribution in [0.15, 0.2) is 77.5 Å². The monoisotopic (exact) mass is 361 g/mol. The van der Waals surface area contributed by atoms with E-state index in [0.717, 1.165) is 28.1 Å². The summed E-state index contributed by atoms with van der Waals surface area (Å²) in [4.78, 5) is 2.36. The molecule has 0 saturated heterocycles. The van der Waals surface area contributed by atoms with Crippen molar-refractivity contribution in [3.8, 4) is 9.75 Å². The average molecular weight is 361 g/mol. The molecule has 2 N–H and O–H groups in total. The van der Waals surface area contributed by atoms with Crippen molar-refractivity contribution in [1.29, 1.82) is 0 Å². The summed E-state index contributed by atoms with van der Waals surface area (Å²) < 4.78 is 0. The minimum Gasteiger partial charge on any atom is -0.376 e. The number of benzene rings is 2. The van der Waals surface area contributed by atoms with Crippen LogP contribution in [0.5, 0.6) is 0 Å². The second-order valence-corrected chi connectivity index (χ2v) is 7.91. The van der Waals surface area contributed by atoms with Crippen LogP contribution in [-0.2, 0) is 5.60 Å². The van der Waals surface area contributed by atoms with Gasteiger partial charge in [-0.3, -0.25) is 0 Å². The minimum absolute atomic E-state index is 0.885. The first-order chi connectivity index (χ1) is 12.3. The van der Waals surface area contributed by atoms with E-state index >= 15 is 0 Å². The Bertz CT molecular complexity index is 1010. The highest BCUT2D eigenvalue weighted by Crippen LogP contribution is 2.56. The predicted octanol–water partition coefficient (Wildman–Crippen LogP) is 5.82. The third kappa shape index (κ3) is 2.12. The largest absolute Gasteiger partial charge is 0.376 e. The SMILES string of the molecule is OC1(c2ccccc2Nc2ccccc2)c2ccsc2-c2sccc21. The van der Waals surface area contributed by atoms with Crippen LogP contribution in [0.3, 0.4) is 0 Å². The summed E-state index contributed by atoms with van der Waals surface area (Å²) in [7, 11) is 0. The standard InChI is InChI=1S/C21H15NOS2/c23-21(16-10-12-24-19(16)20-17(21)11-13-25-20)15-8-4-5-9-18(15)22-14-6-2-1-3-7-14/h1-13,22-23H. The van der Waals surface area contributed by atoms with Crippen molar-refractivity contribution in [2.24, 2.45) is 0 Å². The van der Waals surface area contributed by atoms with Gasteiger partial charge in [0.15, 0.2) is 0 Å². The molecule has 0 saturated carbocycles. The number of aliphatic hydroxyl groups is 1. The summed E-state index contributed by atoms with van der Waals surface area (Å²) in [5, 5.41) is 19.5. The normalized spacial score (nSPS) is 14.1. The van der Waals surface area contributed by atoms with Crippen molar-refractivity contribution in [2.75, 3.05) is 5.32 Å². The van der Waals surface area contributed by atoms with Crippen molar-refractivity contribution in [3.05, 3.63) is 94.2 Å². The molecule has 0 amide bonds. The Morgan fingerprint density at radius 2 is 1.28 bits per heavy atom. The van der Waals surface area contributed by atoms with Crippen LogP contribution in [0.2, 0.25) is 0 Å². The summed E-state index contributed by atoms with van der Waals surface area (Å²) in [6.45, 7) is 0. The Morgan fingerprint density at radius 1 is 0.680 bits per heavy atom. The Morgan fingerprint density at radius 3 is 1.96 bits per heavy atom. The van der Waals surface area contributed by atoms with Gasteiger partial charge in [0.05, 0.1) is 9.75 Å². The van der Waals surface area contributed by atoms with Crippen LogP contribution >= 0.6 is 22.7 Å². The third-order valence-electron chi connectivity index (χ3n) is 4.69. The molecule has 1 aliphatic carbocycles. The fourth-order valence-corrected chi connectivity index (χ4v) is 5.65. The van der Waals surface area contributed by atoms with E-state index < -0.39 is 5.60 Å². The summed E-state index contributed by atoms with van der Waals surface area (Å²) in [5.41, 5.74) is 3.68. The molecule has 0 atom stereocenters. The fourth-order valence-electron chi connectivity index (χ4n) is 3.56. The predicted molar refractivity (Wildman–Crippen MR) is 106 cm³/mol. The maximum atomic E-state index is 11.9. The lowest BCUT2D eigenvalue weighted by molar-refractivity contribution is 0.132. The number of anilines is 2. The van der Waals surface area contributed by atoms with Gasteiger partial charge in [-0.05, 0) is 41.1 Å². The van der Waals surface area contributed by atoms with Crippen LogP contribution in [0.1, 0.15) is 16.7 Å². The van der Waals surface area contributed by atoms with Crippen LogP contribution in [0, 0.1) is 0 Å². The van der Waals surface area contributed by atoms with Gasteiger partial charge < -0.3 is 10.4 Å². The molecule has 2 aromatic carbocycles. The molecule has 1 aliphatic rings. The van der Waals surface area contributed by atoms with Gasteiger partial charge in [0.25, 0.3) is 0 Å². The van der Waals surface area contributed by atoms with Crippen molar-refractivity contribution >= 4 is 34.0 Å². The number of rotatable bonds is 3. The zero-order valence-electron chi connectivity index (χ0n) is 13.3. The Labute approximate surface area is 154 Å². The highest BCUT2D eigenvalue weighted by atomic mass is 32.1. The lowest BCUT2D eigenvalue weighted by Crippen LogP contribution is -2.26. The number of para-hydroxylation sites is 2. The Hall–Kier alpha value is -2.40. The van der Waals surface area contributed by atoms with Crippen molar-refractivity contribution in [3.63, 3.8) is 0 Å². The smallest absolute Gasteiger partial charge is 0.145 e.